The van der Waals surface area contributed by atoms with Crippen molar-refractivity contribution in [3.63, 3.8) is 0 Å². The molecule has 3 N–H and O–H groups in total. The van der Waals surface area contributed by atoms with Crippen molar-refractivity contribution in [3.05, 3.63) is 34.6 Å². The molecule has 1 atom stereocenters. The fourth-order valence-corrected chi connectivity index (χ4v) is 1.62. The average Bonchev–Trinajstić information content (AvgIpc) is 2.19. The molecule has 0 spiro atoms. The highest BCUT2D eigenvalue weighted by molar-refractivity contribution is 6.30. The summed E-state index contributed by atoms with van der Waals surface area (Å²) in [6.45, 7) is 4.07. The Bertz CT molecular complexity index is 328. The fraction of sp³-hybridized carbons (Fsp3) is 0.455. The second kappa shape index (κ2) is 5.45. The van der Waals surface area contributed by atoms with Gasteiger partial charge >= 0.3 is 0 Å². The Labute approximate surface area is 94.6 Å². The molecule has 0 fully saturated rings. The Morgan fingerprint density at radius 3 is 2.67 bits per heavy atom. The number of hydrogen-bond acceptors (Lipinski definition) is 2. The molecule has 0 amide bonds. The van der Waals surface area contributed by atoms with Gasteiger partial charge in [0.15, 0.2) is 0 Å². The van der Waals surface area contributed by atoms with E-state index in [9.17, 15) is 4.39 Å². The number of benzene rings is 1. The summed E-state index contributed by atoms with van der Waals surface area (Å²) in [4.78, 5) is 0. The van der Waals surface area contributed by atoms with Gasteiger partial charge in [0.2, 0.25) is 0 Å². The van der Waals surface area contributed by atoms with Gasteiger partial charge in [-0.25, -0.2) is 4.39 Å². The van der Waals surface area contributed by atoms with Crippen LogP contribution in [0.3, 0.4) is 0 Å². The molecule has 1 unspecified atom stereocenters. The third-order valence-electron chi connectivity index (χ3n) is 2.49. The Kier molecular flexibility index (Phi) is 4.51. The predicted molar refractivity (Wildman–Crippen MR) is 61.1 cm³/mol. The SMILES string of the molecule is CC(C)C(Cc1cccc(Cl)c1F)NN. The normalized spacial score (nSPS) is 13.2. The van der Waals surface area contributed by atoms with E-state index in [2.05, 4.69) is 5.43 Å². The van der Waals surface area contributed by atoms with Gasteiger partial charge < -0.3 is 0 Å². The Hall–Kier alpha value is -0.640. The Morgan fingerprint density at radius 1 is 1.47 bits per heavy atom. The standard InChI is InChI=1S/C11H16ClFN2/c1-7(2)10(15-14)6-8-4-3-5-9(12)11(8)13/h3-5,7,10,15H,6,14H2,1-2H3. The lowest BCUT2D eigenvalue weighted by Crippen LogP contribution is -2.40. The van der Waals surface area contributed by atoms with Crippen LogP contribution in [0.5, 0.6) is 0 Å². The highest BCUT2D eigenvalue weighted by atomic mass is 35.5. The molecule has 4 heteroatoms. The van der Waals surface area contributed by atoms with Gasteiger partial charge in [0, 0.05) is 6.04 Å². The van der Waals surface area contributed by atoms with Gasteiger partial charge in [0.25, 0.3) is 0 Å². The molecule has 1 aromatic rings. The van der Waals surface area contributed by atoms with Gasteiger partial charge in [0.1, 0.15) is 5.82 Å². The summed E-state index contributed by atoms with van der Waals surface area (Å²) in [5.41, 5.74) is 3.28. The molecule has 84 valence electrons. The second-order valence-corrected chi connectivity index (χ2v) is 4.34. The molecule has 0 aliphatic rings. The summed E-state index contributed by atoms with van der Waals surface area (Å²) in [7, 11) is 0. The summed E-state index contributed by atoms with van der Waals surface area (Å²) in [6, 6.07) is 5.07. The topological polar surface area (TPSA) is 38.0 Å². The van der Waals surface area contributed by atoms with Crippen LogP contribution in [-0.2, 0) is 6.42 Å². The molecule has 1 rings (SSSR count). The highest BCUT2D eigenvalue weighted by Gasteiger charge is 2.15. The van der Waals surface area contributed by atoms with Crippen LogP contribution in [0.15, 0.2) is 18.2 Å². The molecule has 0 aromatic heterocycles. The van der Waals surface area contributed by atoms with Crippen molar-refractivity contribution in [2.75, 3.05) is 0 Å². The summed E-state index contributed by atoms with van der Waals surface area (Å²) in [5, 5.41) is 0.159. The van der Waals surface area contributed by atoms with Crippen molar-refractivity contribution in [2.45, 2.75) is 26.3 Å². The van der Waals surface area contributed by atoms with Crippen LogP contribution in [-0.4, -0.2) is 6.04 Å². The van der Waals surface area contributed by atoms with Crippen molar-refractivity contribution < 1.29 is 4.39 Å². The van der Waals surface area contributed by atoms with Crippen molar-refractivity contribution in [2.24, 2.45) is 11.8 Å². The van der Waals surface area contributed by atoms with Gasteiger partial charge in [-0.1, -0.05) is 37.6 Å². The highest BCUT2D eigenvalue weighted by Crippen LogP contribution is 2.20. The first-order valence-corrected chi connectivity index (χ1v) is 5.33. The fourth-order valence-electron chi connectivity index (χ4n) is 1.43. The molecule has 1 aromatic carbocycles. The van der Waals surface area contributed by atoms with E-state index in [4.69, 9.17) is 17.4 Å². The third kappa shape index (κ3) is 3.16. The largest absolute Gasteiger partial charge is 0.271 e. The molecule has 2 nitrogen and oxygen atoms in total. The van der Waals surface area contributed by atoms with Gasteiger partial charge in [-0.05, 0) is 24.0 Å². The first-order valence-electron chi connectivity index (χ1n) is 4.95. The van der Waals surface area contributed by atoms with E-state index in [1.54, 1.807) is 18.2 Å². The lowest BCUT2D eigenvalue weighted by molar-refractivity contribution is 0.399. The quantitative estimate of drug-likeness (QED) is 0.616. The minimum atomic E-state index is -0.347. The molecule has 0 aliphatic heterocycles. The number of hydrogen-bond donors (Lipinski definition) is 2. The number of hydrazine groups is 1. The second-order valence-electron chi connectivity index (χ2n) is 3.93. The predicted octanol–water partition coefficient (Wildman–Crippen LogP) is 2.51. The van der Waals surface area contributed by atoms with Gasteiger partial charge in [-0.2, -0.15) is 0 Å². The average molecular weight is 231 g/mol. The third-order valence-corrected chi connectivity index (χ3v) is 2.78. The van der Waals surface area contributed by atoms with Gasteiger partial charge in [0.05, 0.1) is 5.02 Å². The molecule has 15 heavy (non-hydrogen) atoms. The van der Waals surface area contributed by atoms with Crippen molar-refractivity contribution in [3.8, 4) is 0 Å². The maximum Gasteiger partial charge on any atom is 0.145 e. The summed E-state index contributed by atoms with van der Waals surface area (Å²) < 4.78 is 13.6. The smallest absolute Gasteiger partial charge is 0.145 e. The number of nitrogens with one attached hydrogen (secondary N) is 1. The van der Waals surface area contributed by atoms with E-state index >= 15 is 0 Å². The summed E-state index contributed by atoms with van der Waals surface area (Å²) >= 11 is 5.69. The van der Waals surface area contributed by atoms with E-state index < -0.39 is 0 Å². The van der Waals surface area contributed by atoms with Crippen LogP contribution in [0.1, 0.15) is 19.4 Å². The Morgan fingerprint density at radius 2 is 2.13 bits per heavy atom. The lowest BCUT2D eigenvalue weighted by Gasteiger charge is -2.20. The zero-order valence-electron chi connectivity index (χ0n) is 8.93. The molecule has 0 saturated heterocycles. The van der Waals surface area contributed by atoms with Crippen LogP contribution in [0, 0.1) is 11.7 Å². The van der Waals surface area contributed by atoms with Crippen molar-refractivity contribution >= 4 is 11.6 Å². The monoisotopic (exact) mass is 230 g/mol. The number of nitrogens with two attached hydrogens (primary N) is 1. The van der Waals surface area contributed by atoms with E-state index in [1.165, 1.54) is 0 Å². The van der Waals surface area contributed by atoms with Crippen LogP contribution in [0.2, 0.25) is 5.02 Å². The number of halogens is 2. The maximum atomic E-state index is 13.6. The van der Waals surface area contributed by atoms with E-state index in [-0.39, 0.29) is 16.9 Å². The maximum absolute atomic E-state index is 13.6. The minimum absolute atomic E-state index is 0.0537. The minimum Gasteiger partial charge on any atom is -0.271 e. The van der Waals surface area contributed by atoms with Gasteiger partial charge in [-0.15, -0.1) is 0 Å². The summed E-state index contributed by atoms with van der Waals surface area (Å²) in [6.07, 6.45) is 0.542. The van der Waals surface area contributed by atoms with Crippen LogP contribution >= 0.6 is 11.6 Å². The van der Waals surface area contributed by atoms with Crippen molar-refractivity contribution in [1.82, 2.24) is 5.43 Å². The lowest BCUT2D eigenvalue weighted by atomic mass is 9.97. The molecule has 0 radical (unpaired) electrons. The van der Waals surface area contributed by atoms with Gasteiger partial charge in [-0.3, -0.25) is 11.3 Å². The van der Waals surface area contributed by atoms with Crippen LogP contribution in [0.4, 0.5) is 4.39 Å². The molecule has 0 aliphatic carbocycles. The molecular formula is C11H16ClFN2. The van der Waals surface area contributed by atoms with Crippen LogP contribution in [0.25, 0.3) is 0 Å². The zero-order valence-corrected chi connectivity index (χ0v) is 9.68. The molecular weight excluding hydrogens is 215 g/mol. The Balaban J connectivity index is 2.84. The van der Waals surface area contributed by atoms with E-state index in [0.29, 0.717) is 17.9 Å². The van der Waals surface area contributed by atoms with Crippen LogP contribution < -0.4 is 11.3 Å². The zero-order chi connectivity index (χ0) is 11.4. The van der Waals surface area contributed by atoms with Crippen molar-refractivity contribution in [1.29, 1.82) is 0 Å². The molecule has 0 heterocycles. The number of rotatable bonds is 4. The first kappa shape index (κ1) is 12.4. The molecule has 0 saturated carbocycles. The summed E-state index contributed by atoms with van der Waals surface area (Å²) in [5.74, 6) is 5.40. The molecule has 0 bridgehead atoms. The first-order chi connectivity index (χ1) is 7.06. The van der Waals surface area contributed by atoms with E-state index in [1.807, 2.05) is 13.8 Å². The van der Waals surface area contributed by atoms with E-state index in [0.717, 1.165) is 0 Å².